The number of nitrogens with zero attached hydrogens (tertiary/aromatic N) is 3. The van der Waals surface area contributed by atoms with Crippen molar-refractivity contribution in [3.63, 3.8) is 0 Å². The molecule has 6 nitrogen and oxygen atoms in total. The van der Waals surface area contributed by atoms with Crippen LogP contribution in [0, 0.1) is 13.8 Å². The smallest absolute Gasteiger partial charge is 0.193 e. The van der Waals surface area contributed by atoms with Crippen LogP contribution in [0.3, 0.4) is 0 Å². The summed E-state index contributed by atoms with van der Waals surface area (Å²) >= 11 is 0. The average Bonchev–Trinajstić information content (AvgIpc) is 2.97. The Morgan fingerprint density at radius 3 is 2.59 bits per heavy atom. The molecule has 1 aromatic heterocycles. The zero-order chi connectivity index (χ0) is 18.9. The van der Waals surface area contributed by atoms with Crippen LogP contribution in [-0.2, 0) is 0 Å². The first kappa shape index (κ1) is 23.3. The van der Waals surface area contributed by atoms with E-state index in [4.69, 9.17) is 14.3 Å². The first-order valence-corrected chi connectivity index (χ1v) is 9.13. The Kier molecular flexibility index (Phi) is 10.2. The Morgan fingerprint density at radius 2 is 2.00 bits per heavy atom. The van der Waals surface area contributed by atoms with E-state index in [1.54, 1.807) is 0 Å². The Bertz CT molecular complexity index is 684. The Hall–Kier alpha value is -1.77. The molecule has 0 saturated carbocycles. The van der Waals surface area contributed by atoms with Gasteiger partial charge in [0.05, 0.1) is 12.2 Å². The lowest BCUT2D eigenvalue weighted by Crippen LogP contribution is -2.41. The molecule has 0 aliphatic rings. The number of halogens is 1. The van der Waals surface area contributed by atoms with Crippen molar-refractivity contribution in [2.75, 3.05) is 33.3 Å². The number of para-hydroxylation sites is 1. The molecule has 0 spiro atoms. The van der Waals surface area contributed by atoms with Gasteiger partial charge in [0, 0.05) is 31.6 Å². The molecule has 2 aromatic rings. The molecule has 1 heterocycles. The number of hydrogen-bond donors (Lipinski definition) is 1. The van der Waals surface area contributed by atoms with Crippen LogP contribution in [0.2, 0.25) is 0 Å². The second kappa shape index (κ2) is 11.8. The van der Waals surface area contributed by atoms with Gasteiger partial charge in [0.25, 0.3) is 0 Å². The first-order chi connectivity index (χ1) is 12.5. The van der Waals surface area contributed by atoms with Gasteiger partial charge in [-0.15, -0.1) is 24.0 Å². The van der Waals surface area contributed by atoms with Crippen LogP contribution in [0.15, 0.2) is 39.8 Å². The van der Waals surface area contributed by atoms with Crippen LogP contribution >= 0.6 is 24.0 Å². The van der Waals surface area contributed by atoms with Crippen LogP contribution in [0.1, 0.15) is 36.8 Å². The van der Waals surface area contributed by atoms with Gasteiger partial charge in [-0.3, -0.25) is 4.99 Å². The number of hydrogen-bond acceptors (Lipinski definition) is 4. The molecule has 27 heavy (non-hydrogen) atoms. The Balaban J connectivity index is 0.00000364. The molecular formula is C20H31IN4O2. The summed E-state index contributed by atoms with van der Waals surface area (Å²) in [5.74, 6) is 2.89. The predicted octanol–water partition coefficient (Wildman–Crippen LogP) is 3.99. The summed E-state index contributed by atoms with van der Waals surface area (Å²) in [7, 11) is 2.02. The normalized spacial score (nSPS) is 12.3. The molecule has 1 atom stereocenters. The summed E-state index contributed by atoms with van der Waals surface area (Å²) in [6.45, 7) is 11.0. The van der Waals surface area contributed by atoms with Gasteiger partial charge in [0.15, 0.2) is 5.96 Å². The van der Waals surface area contributed by atoms with Gasteiger partial charge in [-0.2, -0.15) is 0 Å². The number of likely N-dealkylation sites (N-methyl/N-ethyl adjacent to an activating group) is 1. The lowest BCUT2D eigenvalue weighted by molar-refractivity contribution is 0.281. The van der Waals surface area contributed by atoms with E-state index in [2.05, 4.69) is 29.2 Å². The molecular weight excluding hydrogens is 455 g/mol. The van der Waals surface area contributed by atoms with Crippen LogP contribution in [-0.4, -0.2) is 49.3 Å². The Labute approximate surface area is 179 Å². The molecule has 1 N–H and O–H groups in total. The number of nitrogens with one attached hydrogen (secondary N) is 1. The van der Waals surface area contributed by atoms with Crippen molar-refractivity contribution in [3.8, 4) is 5.75 Å². The van der Waals surface area contributed by atoms with Gasteiger partial charge in [-0.05, 0) is 32.9 Å². The molecule has 0 fully saturated rings. The van der Waals surface area contributed by atoms with Gasteiger partial charge in [0.2, 0.25) is 0 Å². The number of ether oxygens (including phenoxy) is 1. The summed E-state index contributed by atoms with van der Waals surface area (Å²) in [6, 6.07) is 9.85. The third-order valence-electron chi connectivity index (χ3n) is 4.23. The molecule has 0 bridgehead atoms. The van der Waals surface area contributed by atoms with Crippen molar-refractivity contribution in [2.45, 2.75) is 33.6 Å². The molecule has 0 amide bonds. The van der Waals surface area contributed by atoms with Gasteiger partial charge in [0.1, 0.15) is 18.1 Å². The average molecular weight is 486 g/mol. The van der Waals surface area contributed by atoms with Crippen LogP contribution in [0.5, 0.6) is 5.75 Å². The van der Waals surface area contributed by atoms with Crippen molar-refractivity contribution in [1.82, 2.24) is 15.4 Å². The van der Waals surface area contributed by atoms with Crippen molar-refractivity contribution in [3.05, 3.63) is 47.3 Å². The first-order valence-electron chi connectivity index (χ1n) is 9.13. The summed E-state index contributed by atoms with van der Waals surface area (Å²) in [5.41, 5.74) is 2.10. The van der Waals surface area contributed by atoms with E-state index in [-0.39, 0.29) is 29.9 Å². The largest absolute Gasteiger partial charge is 0.492 e. The number of aryl methyl sites for hydroxylation is 2. The third kappa shape index (κ3) is 7.04. The van der Waals surface area contributed by atoms with Crippen molar-refractivity contribution >= 4 is 29.9 Å². The van der Waals surface area contributed by atoms with Gasteiger partial charge < -0.3 is 19.5 Å². The molecule has 150 valence electrons. The molecule has 2 rings (SSSR count). The minimum atomic E-state index is 0. The number of aromatic nitrogens is 1. The van der Waals surface area contributed by atoms with Crippen molar-refractivity contribution < 1.29 is 9.26 Å². The van der Waals surface area contributed by atoms with E-state index in [1.807, 2.05) is 51.2 Å². The molecule has 1 unspecified atom stereocenters. The standard InChI is InChI=1S/C20H30N4O2.HI/c1-6-21-20(22-14-15(2)19-16(3)23-26-17(19)4)24(5)12-13-25-18-10-8-7-9-11-18;/h7-11,15H,6,12-14H2,1-5H3,(H,21,22);1H. The Morgan fingerprint density at radius 1 is 1.30 bits per heavy atom. The fourth-order valence-electron chi connectivity index (χ4n) is 2.90. The van der Waals surface area contributed by atoms with E-state index < -0.39 is 0 Å². The van der Waals surface area contributed by atoms with E-state index in [1.165, 1.54) is 0 Å². The van der Waals surface area contributed by atoms with Crippen molar-refractivity contribution in [1.29, 1.82) is 0 Å². The maximum absolute atomic E-state index is 5.78. The third-order valence-corrected chi connectivity index (χ3v) is 4.23. The highest BCUT2D eigenvalue weighted by Gasteiger charge is 2.16. The van der Waals surface area contributed by atoms with Gasteiger partial charge in [-0.1, -0.05) is 30.3 Å². The summed E-state index contributed by atoms with van der Waals surface area (Å²) in [6.07, 6.45) is 0. The molecule has 0 aliphatic heterocycles. The summed E-state index contributed by atoms with van der Waals surface area (Å²) in [4.78, 5) is 6.87. The SMILES string of the molecule is CCNC(=NCC(C)c1c(C)noc1C)N(C)CCOc1ccccc1.I. The summed E-state index contributed by atoms with van der Waals surface area (Å²) < 4.78 is 11.0. The number of guanidine groups is 1. The highest BCUT2D eigenvalue weighted by Crippen LogP contribution is 2.23. The maximum atomic E-state index is 5.78. The fourth-order valence-corrected chi connectivity index (χ4v) is 2.90. The minimum Gasteiger partial charge on any atom is -0.492 e. The fraction of sp³-hybridized carbons (Fsp3) is 0.500. The topological polar surface area (TPSA) is 62.9 Å². The number of benzene rings is 1. The van der Waals surface area contributed by atoms with Crippen LogP contribution < -0.4 is 10.1 Å². The minimum absolute atomic E-state index is 0. The molecule has 0 saturated heterocycles. The maximum Gasteiger partial charge on any atom is 0.193 e. The van der Waals surface area contributed by atoms with E-state index in [0.717, 1.165) is 41.8 Å². The number of rotatable bonds is 8. The molecule has 7 heteroatoms. The highest BCUT2D eigenvalue weighted by molar-refractivity contribution is 14.0. The quantitative estimate of drug-likeness (QED) is 0.348. The summed E-state index contributed by atoms with van der Waals surface area (Å²) in [5, 5.41) is 7.38. The van der Waals surface area contributed by atoms with Crippen molar-refractivity contribution in [2.24, 2.45) is 4.99 Å². The van der Waals surface area contributed by atoms with Gasteiger partial charge in [-0.25, -0.2) is 0 Å². The monoisotopic (exact) mass is 486 g/mol. The lowest BCUT2D eigenvalue weighted by Gasteiger charge is -2.22. The number of aliphatic imine (C=N–C) groups is 1. The van der Waals surface area contributed by atoms with Crippen LogP contribution in [0.25, 0.3) is 0 Å². The predicted molar refractivity (Wildman–Crippen MR) is 120 cm³/mol. The van der Waals surface area contributed by atoms with E-state index >= 15 is 0 Å². The van der Waals surface area contributed by atoms with Crippen LogP contribution in [0.4, 0.5) is 0 Å². The highest BCUT2D eigenvalue weighted by atomic mass is 127. The van der Waals surface area contributed by atoms with E-state index in [9.17, 15) is 0 Å². The molecule has 0 radical (unpaired) electrons. The molecule has 1 aromatic carbocycles. The van der Waals surface area contributed by atoms with Gasteiger partial charge >= 0.3 is 0 Å². The van der Waals surface area contributed by atoms with E-state index in [0.29, 0.717) is 13.2 Å². The lowest BCUT2D eigenvalue weighted by atomic mass is 10.00. The zero-order valence-corrected chi connectivity index (χ0v) is 19.2. The molecule has 0 aliphatic carbocycles. The second-order valence-corrected chi connectivity index (χ2v) is 6.42. The zero-order valence-electron chi connectivity index (χ0n) is 16.9. The second-order valence-electron chi connectivity index (χ2n) is 6.42.